The number of aromatic amines is 2. The van der Waals surface area contributed by atoms with Gasteiger partial charge in [-0.05, 0) is 49.2 Å². The Labute approximate surface area is 151 Å². The predicted molar refractivity (Wildman–Crippen MR) is 99.4 cm³/mol. The molecule has 6 nitrogen and oxygen atoms in total. The zero-order valence-electron chi connectivity index (χ0n) is 14.4. The molecule has 2 aromatic rings. The van der Waals surface area contributed by atoms with E-state index in [1.807, 2.05) is 0 Å². The van der Waals surface area contributed by atoms with Gasteiger partial charge in [0.2, 0.25) is 0 Å². The molecule has 3 N–H and O–H groups in total. The van der Waals surface area contributed by atoms with Crippen molar-refractivity contribution in [3.63, 3.8) is 0 Å². The summed E-state index contributed by atoms with van der Waals surface area (Å²) >= 11 is 4.98. The number of hydrogen-bond donors (Lipinski definition) is 3. The number of aromatic nitrogens is 2. The molecule has 1 aliphatic rings. The highest BCUT2D eigenvalue weighted by atomic mass is 32.1. The number of amides is 1. The van der Waals surface area contributed by atoms with Gasteiger partial charge in [0.15, 0.2) is 4.77 Å². The lowest BCUT2D eigenvalue weighted by atomic mass is 9.87. The van der Waals surface area contributed by atoms with Crippen molar-refractivity contribution in [2.45, 2.75) is 32.8 Å². The molecule has 1 aliphatic heterocycles. The van der Waals surface area contributed by atoms with Gasteiger partial charge in [0, 0.05) is 24.6 Å². The zero-order valence-corrected chi connectivity index (χ0v) is 15.2. The maximum Gasteiger partial charge on any atom is 0.259 e. The number of carbonyl (C=O) groups is 1. The summed E-state index contributed by atoms with van der Waals surface area (Å²) in [5, 5.41) is 3.48. The Morgan fingerprint density at radius 2 is 2.20 bits per heavy atom. The molecule has 1 saturated heterocycles. The van der Waals surface area contributed by atoms with E-state index in [0.29, 0.717) is 34.8 Å². The second kappa shape index (κ2) is 7.49. The van der Waals surface area contributed by atoms with E-state index in [2.05, 4.69) is 29.1 Å². The van der Waals surface area contributed by atoms with Crippen LogP contribution in [0.2, 0.25) is 0 Å². The standard InChI is InChI=1S/C18H23N3O3S/c1-10(2)15-12(4-3-7-24-15)9-19-16(22)11-5-6-13-14(8-11)20-18(25)21-17(13)23/h5-6,8,10,12,15H,3-4,7,9H2,1-2H3,(H,19,22)(H2,20,21,23,25)/t12-,15+/m0/s1. The van der Waals surface area contributed by atoms with E-state index in [-0.39, 0.29) is 22.3 Å². The van der Waals surface area contributed by atoms with E-state index < -0.39 is 0 Å². The number of carbonyl (C=O) groups excluding carboxylic acids is 1. The first-order valence-electron chi connectivity index (χ1n) is 8.62. The summed E-state index contributed by atoms with van der Waals surface area (Å²) < 4.78 is 6.11. The van der Waals surface area contributed by atoms with Crippen LogP contribution in [-0.2, 0) is 4.74 Å². The molecule has 7 heteroatoms. The van der Waals surface area contributed by atoms with Gasteiger partial charge in [-0.2, -0.15) is 0 Å². The molecule has 134 valence electrons. The van der Waals surface area contributed by atoms with E-state index >= 15 is 0 Å². The molecule has 0 radical (unpaired) electrons. The van der Waals surface area contributed by atoms with Crippen LogP contribution in [0.1, 0.15) is 37.0 Å². The van der Waals surface area contributed by atoms with E-state index in [1.165, 1.54) is 0 Å². The van der Waals surface area contributed by atoms with Crippen molar-refractivity contribution in [2.75, 3.05) is 13.2 Å². The summed E-state index contributed by atoms with van der Waals surface area (Å²) in [6.45, 7) is 5.68. The molecule has 0 unspecified atom stereocenters. The van der Waals surface area contributed by atoms with Crippen molar-refractivity contribution in [1.82, 2.24) is 15.3 Å². The lowest BCUT2D eigenvalue weighted by Crippen LogP contribution is -2.41. The zero-order chi connectivity index (χ0) is 18.0. The average molecular weight is 361 g/mol. The second-order valence-electron chi connectivity index (χ2n) is 6.86. The van der Waals surface area contributed by atoms with Crippen LogP contribution in [0.3, 0.4) is 0 Å². The first kappa shape index (κ1) is 17.8. The summed E-state index contributed by atoms with van der Waals surface area (Å²) in [6.07, 6.45) is 2.27. The number of rotatable bonds is 4. The van der Waals surface area contributed by atoms with Gasteiger partial charge in [0.05, 0.1) is 17.0 Å². The average Bonchev–Trinajstić information content (AvgIpc) is 2.59. The Balaban J connectivity index is 1.74. The maximum absolute atomic E-state index is 12.5. The smallest absolute Gasteiger partial charge is 0.259 e. The number of ether oxygens (including phenoxy) is 1. The molecule has 2 atom stereocenters. The highest BCUT2D eigenvalue weighted by Crippen LogP contribution is 2.25. The summed E-state index contributed by atoms with van der Waals surface area (Å²) in [7, 11) is 0. The Kier molecular flexibility index (Phi) is 5.34. The highest BCUT2D eigenvalue weighted by Gasteiger charge is 2.28. The number of fused-ring (bicyclic) bond motifs is 1. The largest absolute Gasteiger partial charge is 0.378 e. The van der Waals surface area contributed by atoms with Gasteiger partial charge < -0.3 is 15.0 Å². The van der Waals surface area contributed by atoms with Crippen LogP contribution in [-0.4, -0.2) is 35.1 Å². The van der Waals surface area contributed by atoms with Crippen molar-refractivity contribution >= 4 is 29.0 Å². The van der Waals surface area contributed by atoms with Gasteiger partial charge in [0.1, 0.15) is 0 Å². The van der Waals surface area contributed by atoms with Gasteiger partial charge in [-0.15, -0.1) is 0 Å². The third-order valence-electron chi connectivity index (χ3n) is 4.68. The Morgan fingerprint density at radius 1 is 1.40 bits per heavy atom. The Morgan fingerprint density at radius 3 is 2.96 bits per heavy atom. The van der Waals surface area contributed by atoms with Gasteiger partial charge >= 0.3 is 0 Å². The van der Waals surface area contributed by atoms with Crippen LogP contribution in [0, 0.1) is 16.6 Å². The van der Waals surface area contributed by atoms with Gasteiger partial charge in [0.25, 0.3) is 11.5 Å². The van der Waals surface area contributed by atoms with Gasteiger partial charge in [-0.1, -0.05) is 13.8 Å². The number of benzene rings is 1. The monoisotopic (exact) mass is 361 g/mol. The molecule has 1 fully saturated rings. The maximum atomic E-state index is 12.5. The van der Waals surface area contributed by atoms with Gasteiger partial charge in [-0.25, -0.2) is 0 Å². The molecule has 2 heterocycles. The fraction of sp³-hybridized carbons (Fsp3) is 0.500. The van der Waals surface area contributed by atoms with Crippen LogP contribution >= 0.6 is 12.2 Å². The normalized spacial score (nSPS) is 20.8. The summed E-state index contributed by atoms with van der Waals surface area (Å²) in [5.74, 6) is 0.594. The molecule has 0 aliphatic carbocycles. The van der Waals surface area contributed by atoms with E-state index in [1.54, 1.807) is 18.2 Å². The first-order chi connectivity index (χ1) is 12.0. The van der Waals surface area contributed by atoms with Crippen molar-refractivity contribution < 1.29 is 9.53 Å². The first-order valence-corrected chi connectivity index (χ1v) is 9.02. The highest BCUT2D eigenvalue weighted by molar-refractivity contribution is 7.71. The molecular weight excluding hydrogens is 338 g/mol. The molecule has 0 bridgehead atoms. The third kappa shape index (κ3) is 3.99. The van der Waals surface area contributed by atoms with Crippen LogP contribution < -0.4 is 10.9 Å². The SMILES string of the molecule is CC(C)[C@H]1OCCC[C@H]1CNC(=O)c1ccc2c(=O)[nH]c(=S)[nH]c2c1. The quantitative estimate of drug-likeness (QED) is 0.731. The Hall–Kier alpha value is -1.99. The van der Waals surface area contributed by atoms with Crippen LogP contribution in [0.15, 0.2) is 23.0 Å². The number of nitrogens with one attached hydrogen (secondary N) is 3. The fourth-order valence-corrected chi connectivity index (χ4v) is 3.66. The molecule has 1 aromatic heterocycles. The molecule has 1 amide bonds. The van der Waals surface area contributed by atoms with Crippen molar-refractivity contribution in [1.29, 1.82) is 0 Å². The van der Waals surface area contributed by atoms with Crippen molar-refractivity contribution in [3.05, 3.63) is 38.9 Å². The second-order valence-corrected chi connectivity index (χ2v) is 7.27. The molecule has 0 spiro atoms. The molecule has 1 aromatic carbocycles. The van der Waals surface area contributed by atoms with E-state index in [4.69, 9.17) is 17.0 Å². The molecule has 0 saturated carbocycles. The minimum absolute atomic E-state index is 0.158. The Bertz CT molecular complexity index is 887. The van der Waals surface area contributed by atoms with Crippen molar-refractivity contribution in [2.24, 2.45) is 11.8 Å². The molecule has 3 rings (SSSR count). The lowest BCUT2D eigenvalue weighted by molar-refractivity contribution is -0.0510. The summed E-state index contributed by atoms with van der Waals surface area (Å²) in [6, 6.07) is 4.95. The molecular formula is C18H23N3O3S. The lowest BCUT2D eigenvalue weighted by Gasteiger charge is -2.34. The fourth-order valence-electron chi connectivity index (χ4n) is 3.46. The number of hydrogen-bond acceptors (Lipinski definition) is 4. The topological polar surface area (TPSA) is 87.0 Å². The summed E-state index contributed by atoms with van der Waals surface area (Å²) in [4.78, 5) is 29.8. The minimum Gasteiger partial charge on any atom is -0.378 e. The van der Waals surface area contributed by atoms with E-state index in [9.17, 15) is 9.59 Å². The predicted octanol–water partition coefficient (Wildman–Crippen LogP) is 2.77. The van der Waals surface area contributed by atoms with Crippen LogP contribution in [0.5, 0.6) is 0 Å². The van der Waals surface area contributed by atoms with Crippen molar-refractivity contribution in [3.8, 4) is 0 Å². The van der Waals surface area contributed by atoms with Crippen LogP contribution in [0.4, 0.5) is 0 Å². The number of H-pyrrole nitrogens is 2. The third-order valence-corrected chi connectivity index (χ3v) is 4.88. The molecule has 25 heavy (non-hydrogen) atoms. The van der Waals surface area contributed by atoms with Gasteiger partial charge in [-0.3, -0.25) is 14.6 Å². The minimum atomic E-state index is -0.259. The van der Waals surface area contributed by atoms with Crippen LogP contribution in [0.25, 0.3) is 10.9 Å². The summed E-state index contributed by atoms with van der Waals surface area (Å²) in [5.41, 5.74) is 0.800. The van der Waals surface area contributed by atoms with E-state index in [0.717, 1.165) is 19.4 Å².